The van der Waals surface area contributed by atoms with Gasteiger partial charge in [-0.15, -0.1) is 0 Å². The molecular weight excluding hydrogens is 559 g/mol. The Kier molecular flexibility index (Phi) is 7.85. The van der Waals surface area contributed by atoms with E-state index in [1.54, 1.807) is 12.1 Å². The van der Waals surface area contributed by atoms with Crippen LogP contribution in [0.5, 0.6) is 5.19 Å². The zero-order chi connectivity index (χ0) is 29.3. The lowest BCUT2D eigenvalue weighted by Crippen LogP contribution is -2.55. The third kappa shape index (κ3) is 5.83. The molecule has 6 rings (SSSR count). The Balaban J connectivity index is 1.28. The minimum absolute atomic E-state index is 0.151. The largest absolute Gasteiger partial charge is 0.479 e. The van der Waals surface area contributed by atoms with E-state index in [0.29, 0.717) is 23.7 Å². The average molecular weight is 593 g/mol. The van der Waals surface area contributed by atoms with E-state index in [2.05, 4.69) is 15.6 Å². The number of amides is 2. The molecule has 2 aliphatic heterocycles. The number of aromatic nitrogens is 1. The van der Waals surface area contributed by atoms with E-state index in [9.17, 15) is 23.9 Å². The van der Waals surface area contributed by atoms with Crippen LogP contribution in [0.25, 0.3) is 10.2 Å². The van der Waals surface area contributed by atoms with Gasteiger partial charge < -0.3 is 25.4 Å². The van der Waals surface area contributed by atoms with Gasteiger partial charge in [-0.3, -0.25) is 9.59 Å². The number of carboxylic acid groups (broad SMARTS) is 1. The van der Waals surface area contributed by atoms with Gasteiger partial charge in [0.25, 0.3) is 5.19 Å². The molecule has 3 aromatic rings. The normalized spacial score (nSPS) is 28.3. The monoisotopic (exact) mass is 592 g/mol. The number of anilines is 1. The van der Waals surface area contributed by atoms with Gasteiger partial charge in [0, 0.05) is 18.0 Å². The van der Waals surface area contributed by atoms with E-state index in [1.165, 1.54) is 28.4 Å². The highest BCUT2D eigenvalue weighted by atomic mass is 32.1. The van der Waals surface area contributed by atoms with Crippen molar-refractivity contribution < 1.29 is 28.6 Å². The number of benzene rings is 2. The summed E-state index contributed by atoms with van der Waals surface area (Å²) in [5.74, 6) is -2.54. The maximum absolute atomic E-state index is 14.1. The summed E-state index contributed by atoms with van der Waals surface area (Å²) in [6, 6.07) is 11.9. The minimum Gasteiger partial charge on any atom is -0.479 e. The zero-order valence-electron chi connectivity index (χ0n) is 23.0. The summed E-state index contributed by atoms with van der Waals surface area (Å²) in [5, 5.41) is 16.5. The van der Waals surface area contributed by atoms with Gasteiger partial charge in [-0.2, -0.15) is 0 Å². The van der Waals surface area contributed by atoms with Crippen molar-refractivity contribution in [3.05, 3.63) is 66.5 Å². The Morgan fingerprint density at radius 1 is 1.14 bits per heavy atom. The van der Waals surface area contributed by atoms with Gasteiger partial charge in [0.05, 0.1) is 16.8 Å². The predicted octanol–water partition coefficient (Wildman–Crippen LogP) is 4.74. The summed E-state index contributed by atoms with van der Waals surface area (Å²) < 4.78 is 20.8. The fraction of sp³-hybridized carbons (Fsp3) is 0.419. The zero-order valence-corrected chi connectivity index (χ0v) is 23.8. The molecule has 0 bridgehead atoms. The number of allylic oxidation sites excluding steroid dienone is 1. The van der Waals surface area contributed by atoms with Gasteiger partial charge >= 0.3 is 5.97 Å². The lowest BCUT2D eigenvalue weighted by molar-refractivity contribution is -0.145. The van der Waals surface area contributed by atoms with Crippen LogP contribution in [0.3, 0.4) is 0 Å². The van der Waals surface area contributed by atoms with Gasteiger partial charge in [-0.1, -0.05) is 48.5 Å². The third-order valence-electron chi connectivity index (χ3n) is 8.35. The quantitative estimate of drug-likeness (QED) is 0.366. The number of rotatable bonds is 5. The van der Waals surface area contributed by atoms with Gasteiger partial charge in [0.15, 0.2) is 0 Å². The molecule has 2 amide bonds. The van der Waals surface area contributed by atoms with Gasteiger partial charge in [-0.25, -0.2) is 14.2 Å². The van der Waals surface area contributed by atoms with Crippen LogP contribution in [0.15, 0.2) is 60.7 Å². The van der Waals surface area contributed by atoms with Gasteiger partial charge in [-0.05, 0) is 62.1 Å². The predicted molar refractivity (Wildman–Crippen MR) is 157 cm³/mol. The van der Waals surface area contributed by atoms with Crippen molar-refractivity contribution in [1.29, 1.82) is 0 Å². The van der Waals surface area contributed by atoms with Crippen LogP contribution < -0.4 is 15.4 Å². The molecule has 11 heteroatoms. The molecule has 1 saturated heterocycles. The second-order valence-corrected chi connectivity index (χ2v) is 12.3. The molecule has 1 aromatic heterocycles. The Labute approximate surface area is 246 Å². The van der Waals surface area contributed by atoms with Crippen molar-refractivity contribution >= 4 is 45.0 Å². The van der Waals surface area contributed by atoms with Gasteiger partial charge in [0.2, 0.25) is 11.8 Å². The number of nitrogens with zero attached hydrogens (tertiary/aromatic N) is 2. The first-order valence-electron chi connectivity index (χ1n) is 14.4. The first-order valence-corrected chi connectivity index (χ1v) is 15.2. The molecule has 0 radical (unpaired) electrons. The molecule has 1 saturated carbocycles. The second kappa shape index (κ2) is 11.7. The Bertz CT molecular complexity index is 1480. The summed E-state index contributed by atoms with van der Waals surface area (Å²) in [6.07, 6.45) is 7.77. The summed E-state index contributed by atoms with van der Waals surface area (Å²) >= 11 is 1.39. The maximum Gasteiger partial charge on any atom is 0.330 e. The number of hydrogen-bond acceptors (Lipinski definition) is 7. The molecule has 2 fully saturated rings. The van der Waals surface area contributed by atoms with Crippen molar-refractivity contribution in [2.45, 2.75) is 68.7 Å². The molecule has 1 aliphatic carbocycles. The molecule has 3 heterocycles. The lowest BCUT2D eigenvalue weighted by atomic mass is 10.0. The Morgan fingerprint density at radius 2 is 1.95 bits per heavy atom. The van der Waals surface area contributed by atoms with Crippen LogP contribution in [0.2, 0.25) is 0 Å². The maximum atomic E-state index is 14.1. The number of para-hydroxylation sites is 1. The third-order valence-corrected chi connectivity index (χ3v) is 9.28. The van der Waals surface area contributed by atoms with E-state index in [1.807, 2.05) is 36.4 Å². The van der Waals surface area contributed by atoms with E-state index in [4.69, 9.17) is 4.74 Å². The first kappa shape index (κ1) is 28.1. The standard InChI is InChI=1S/C31H33FN4O5S/c32-20-12-14-21(15-13-20)33-24-10-5-3-1-2-4-8-19-17-31(19,29(39)40)35-27(37)25-16-22(18-36(25)28(24)38)41-30-34-23-9-6-7-11-26(23)42-30/h4,6-9,11-15,19,22,24-25,33H,1-3,5,10,16-18H2,(H,35,37)(H,39,40)/t19-,22-,24+,25+,31-/m1/s1. The summed E-state index contributed by atoms with van der Waals surface area (Å²) in [6.45, 7) is 0.151. The molecule has 220 valence electrons. The van der Waals surface area contributed by atoms with Crippen molar-refractivity contribution in [3.8, 4) is 5.19 Å². The van der Waals surface area contributed by atoms with Crippen molar-refractivity contribution in [1.82, 2.24) is 15.2 Å². The van der Waals surface area contributed by atoms with E-state index in [-0.39, 0.29) is 30.6 Å². The Morgan fingerprint density at radius 3 is 2.74 bits per heavy atom. The first-order chi connectivity index (χ1) is 20.3. The number of halogens is 1. The number of hydrogen-bond donors (Lipinski definition) is 3. The smallest absolute Gasteiger partial charge is 0.330 e. The summed E-state index contributed by atoms with van der Waals surface area (Å²) in [7, 11) is 0. The number of thiazole rings is 1. The van der Waals surface area contributed by atoms with Crippen LogP contribution in [-0.2, 0) is 14.4 Å². The minimum atomic E-state index is -1.37. The number of carbonyl (C=O) groups excluding carboxylic acids is 2. The van der Waals surface area contributed by atoms with E-state index >= 15 is 0 Å². The van der Waals surface area contributed by atoms with Crippen LogP contribution in [0.4, 0.5) is 10.1 Å². The summed E-state index contributed by atoms with van der Waals surface area (Å²) in [4.78, 5) is 46.2. The van der Waals surface area contributed by atoms with Crippen molar-refractivity contribution in [3.63, 3.8) is 0 Å². The highest BCUT2D eigenvalue weighted by molar-refractivity contribution is 7.20. The lowest BCUT2D eigenvalue weighted by Gasteiger charge is -2.30. The van der Waals surface area contributed by atoms with Gasteiger partial charge in [0.1, 0.15) is 29.5 Å². The summed E-state index contributed by atoms with van der Waals surface area (Å²) in [5.41, 5.74) is 0.0305. The molecule has 42 heavy (non-hydrogen) atoms. The molecule has 3 aliphatic rings. The number of fused-ring (bicyclic) bond motifs is 3. The number of carboxylic acids is 1. The fourth-order valence-corrected chi connectivity index (χ4v) is 6.82. The number of nitrogens with one attached hydrogen (secondary N) is 2. The molecule has 5 atom stereocenters. The second-order valence-electron chi connectivity index (χ2n) is 11.3. The molecular formula is C31H33FN4O5S. The van der Waals surface area contributed by atoms with Crippen LogP contribution >= 0.6 is 11.3 Å². The average Bonchev–Trinajstić information content (AvgIpc) is 3.29. The molecule has 0 spiro atoms. The SMILES string of the molecule is O=C1N[C@]2(C(=O)O)C[C@H]2C=CCCCCC[C@H](Nc2ccc(F)cc2)C(=O)N2C[C@H](Oc3nc4ccccc4s3)C[C@@H]12. The molecule has 9 nitrogen and oxygen atoms in total. The van der Waals surface area contributed by atoms with Crippen LogP contribution in [0, 0.1) is 11.7 Å². The van der Waals surface area contributed by atoms with E-state index in [0.717, 1.165) is 35.9 Å². The molecule has 3 N–H and O–H groups in total. The highest BCUT2D eigenvalue weighted by Gasteiger charge is 2.61. The van der Waals surface area contributed by atoms with Crippen LogP contribution in [0.1, 0.15) is 44.9 Å². The number of carbonyl (C=O) groups is 3. The van der Waals surface area contributed by atoms with Crippen LogP contribution in [-0.4, -0.2) is 63.0 Å². The topological polar surface area (TPSA) is 121 Å². The molecule has 2 aromatic carbocycles. The van der Waals surface area contributed by atoms with E-state index < -0.39 is 35.6 Å². The number of ether oxygens (including phenoxy) is 1. The number of aliphatic carboxylic acids is 1. The highest BCUT2D eigenvalue weighted by Crippen LogP contribution is 2.45. The van der Waals surface area contributed by atoms with Crippen molar-refractivity contribution in [2.75, 3.05) is 11.9 Å². The fourth-order valence-electron chi connectivity index (χ4n) is 5.94. The Hall–Kier alpha value is -3.99. The molecule has 0 unspecified atom stereocenters. The van der Waals surface area contributed by atoms with Crippen molar-refractivity contribution in [2.24, 2.45) is 5.92 Å².